The molecule has 1 atom stereocenters. The second-order valence-electron chi connectivity index (χ2n) is 4.62. The Morgan fingerprint density at radius 2 is 2.21 bits per heavy atom. The Bertz CT molecular complexity index is 553. The molecule has 102 valence electrons. The SMILES string of the molecule is CCCn1ncnc1CC(O)c1ccc(Br)cc1C. The summed E-state index contributed by atoms with van der Waals surface area (Å²) in [6, 6.07) is 5.91. The Labute approximate surface area is 121 Å². The molecule has 0 saturated heterocycles. The second-order valence-corrected chi connectivity index (χ2v) is 5.54. The number of aliphatic hydroxyl groups excluding tert-OH is 1. The van der Waals surface area contributed by atoms with Gasteiger partial charge in [-0.3, -0.25) is 4.68 Å². The fourth-order valence-electron chi connectivity index (χ4n) is 2.14. The van der Waals surface area contributed by atoms with E-state index >= 15 is 0 Å². The Morgan fingerprint density at radius 1 is 1.42 bits per heavy atom. The van der Waals surface area contributed by atoms with E-state index in [0.29, 0.717) is 6.42 Å². The molecule has 1 N–H and O–H groups in total. The molecule has 0 fully saturated rings. The molecule has 0 bridgehead atoms. The van der Waals surface area contributed by atoms with Gasteiger partial charge in [0.2, 0.25) is 0 Å². The van der Waals surface area contributed by atoms with E-state index in [-0.39, 0.29) is 0 Å². The van der Waals surface area contributed by atoms with Crippen LogP contribution in [0.5, 0.6) is 0 Å². The van der Waals surface area contributed by atoms with Crippen molar-refractivity contribution in [2.24, 2.45) is 0 Å². The molecule has 5 heteroatoms. The summed E-state index contributed by atoms with van der Waals surface area (Å²) in [5, 5.41) is 14.5. The minimum Gasteiger partial charge on any atom is -0.388 e. The molecule has 2 aromatic rings. The standard InChI is InChI=1S/C14H18BrN3O/c1-3-6-18-14(16-9-17-18)8-13(19)12-5-4-11(15)7-10(12)2/h4-5,7,9,13,19H,3,6,8H2,1-2H3. The Balaban J connectivity index is 2.16. The summed E-state index contributed by atoms with van der Waals surface area (Å²) < 4.78 is 2.88. The van der Waals surface area contributed by atoms with Gasteiger partial charge in [0.15, 0.2) is 0 Å². The highest BCUT2D eigenvalue weighted by molar-refractivity contribution is 9.10. The van der Waals surface area contributed by atoms with Crippen molar-refractivity contribution in [1.29, 1.82) is 0 Å². The number of benzene rings is 1. The Morgan fingerprint density at radius 3 is 2.89 bits per heavy atom. The van der Waals surface area contributed by atoms with Crippen LogP contribution in [0.15, 0.2) is 29.0 Å². The molecular weight excluding hydrogens is 306 g/mol. The normalized spacial score (nSPS) is 12.6. The number of aryl methyl sites for hydroxylation is 2. The first-order valence-corrected chi connectivity index (χ1v) is 7.22. The van der Waals surface area contributed by atoms with Crippen molar-refractivity contribution in [2.45, 2.75) is 39.3 Å². The first kappa shape index (κ1) is 14.2. The van der Waals surface area contributed by atoms with Crippen molar-refractivity contribution < 1.29 is 5.11 Å². The zero-order valence-electron chi connectivity index (χ0n) is 11.2. The van der Waals surface area contributed by atoms with Gasteiger partial charge in [-0.2, -0.15) is 5.10 Å². The summed E-state index contributed by atoms with van der Waals surface area (Å²) in [4.78, 5) is 4.23. The van der Waals surface area contributed by atoms with Gasteiger partial charge in [-0.05, 0) is 36.6 Å². The van der Waals surface area contributed by atoms with Crippen molar-refractivity contribution in [2.75, 3.05) is 0 Å². The maximum Gasteiger partial charge on any atom is 0.138 e. The molecule has 0 aliphatic heterocycles. The molecule has 1 heterocycles. The van der Waals surface area contributed by atoms with Crippen molar-refractivity contribution in [3.63, 3.8) is 0 Å². The molecule has 19 heavy (non-hydrogen) atoms. The van der Waals surface area contributed by atoms with Gasteiger partial charge in [-0.1, -0.05) is 28.9 Å². The average molecular weight is 324 g/mol. The molecule has 2 rings (SSSR count). The molecule has 0 aliphatic rings. The van der Waals surface area contributed by atoms with E-state index in [1.807, 2.05) is 29.8 Å². The summed E-state index contributed by atoms with van der Waals surface area (Å²) in [7, 11) is 0. The summed E-state index contributed by atoms with van der Waals surface area (Å²) in [5.41, 5.74) is 2.01. The fourth-order valence-corrected chi connectivity index (χ4v) is 2.62. The Kier molecular flexibility index (Phi) is 4.71. The topological polar surface area (TPSA) is 50.9 Å². The van der Waals surface area contributed by atoms with E-state index in [1.54, 1.807) is 6.33 Å². The third kappa shape index (κ3) is 3.42. The largest absolute Gasteiger partial charge is 0.388 e. The number of aliphatic hydroxyl groups is 1. The molecule has 1 aromatic carbocycles. The minimum atomic E-state index is -0.548. The molecule has 1 aromatic heterocycles. The third-order valence-corrected chi connectivity index (χ3v) is 3.59. The molecule has 0 radical (unpaired) electrons. The summed E-state index contributed by atoms with van der Waals surface area (Å²) >= 11 is 3.43. The first-order chi connectivity index (χ1) is 9.11. The lowest BCUT2D eigenvalue weighted by Crippen LogP contribution is -2.11. The summed E-state index contributed by atoms with van der Waals surface area (Å²) in [6.45, 7) is 4.93. The zero-order valence-corrected chi connectivity index (χ0v) is 12.8. The zero-order chi connectivity index (χ0) is 13.8. The summed E-state index contributed by atoms with van der Waals surface area (Å²) in [6.07, 6.45) is 2.49. The predicted molar refractivity (Wildman–Crippen MR) is 77.9 cm³/mol. The quantitative estimate of drug-likeness (QED) is 0.920. The lowest BCUT2D eigenvalue weighted by atomic mass is 10.0. The van der Waals surface area contributed by atoms with Gasteiger partial charge in [0.1, 0.15) is 12.2 Å². The van der Waals surface area contributed by atoms with E-state index in [1.165, 1.54) is 0 Å². The van der Waals surface area contributed by atoms with Crippen LogP contribution in [0, 0.1) is 6.92 Å². The van der Waals surface area contributed by atoms with Crippen molar-refractivity contribution in [1.82, 2.24) is 14.8 Å². The maximum absolute atomic E-state index is 10.4. The number of hydrogen-bond acceptors (Lipinski definition) is 3. The maximum atomic E-state index is 10.4. The van der Waals surface area contributed by atoms with Crippen LogP contribution in [0.4, 0.5) is 0 Å². The third-order valence-electron chi connectivity index (χ3n) is 3.10. The van der Waals surface area contributed by atoms with E-state index in [9.17, 15) is 5.11 Å². The smallest absolute Gasteiger partial charge is 0.138 e. The van der Waals surface area contributed by atoms with E-state index in [4.69, 9.17) is 0 Å². The molecule has 4 nitrogen and oxygen atoms in total. The van der Waals surface area contributed by atoms with Gasteiger partial charge in [0, 0.05) is 17.4 Å². The number of rotatable bonds is 5. The van der Waals surface area contributed by atoms with Crippen LogP contribution in [0.1, 0.15) is 36.4 Å². The van der Waals surface area contributed by atoms with Crippen molar-refractivity contribution >= 4 is 15.9 Å². The van der Waals surface area contributed by atoms with Crippen LogP contribution < -0.4 is 0 Å². The van der Waals surface area contributed by atoms with Gasteiger partial charge in [0.25, 0.3) is 0 Å². The lowest BCUT2D eigenvalue weighted by molar-refractivity contribution is 0.173. The van der Waals surface area contributed by atoms with Crippen LogP contribution in [0.2, 0.25) is 0 Å². The van der Waals surface area contributed by atoms with Crippen LogP contribution in [0.25, 0.3) is 0 Å². The Hall–Kier alpha value is -1.20. The van der Waals surface area contributed by atoms with Crippen LogP contribution in [-0.4, -0.2) is 19.9 Å². The highest BCUT2D eigenvalue weighted by atomic mass is 79.9. The van der Waals surface area contributed by atoms with Gasteiger partial charge in [-0.25, -0.2) is 4.98 Å². The van der Waals surface area contributed by atoms with Crippen LogP contribution in [-0.2, 0) is 13.0 Å². The molecule has 1 unspecified atom stereocenters. The molecular formula is C14H18BrN3O. The van der Waals surface area contributed by atoms with Gasteiger partial charge >= 0.3 is 0 Å². The van der Waals surface area contributed by atoms with E-state index < -0.39 is 6.10 Å². The predicted octanol–water partition coefficient (Wildman–Crippen LogP) is 3.04. The number of aromatic nitrogens is 3. The van der Waals surface area contributed by atoms with Gasteiger partial charge in [0.05, 0.1) is 6.10 Å². The molecule has 0 spiro atoms. The van der Waals surface area contributed by atoms with E-state index in [0.717, 1.165) is 34.4 Å². The highest BCUT2D eigenvalue weighted by Gasteiger charge is 2.15. The van der Waals surface area contributed by atoms with Gasteiger partial charge < -0.3 is 5.11 Å². The van der Waals surface area contributed by atoms with Crippen LogP contribution >= 0.6 is 15.9 Å². The summed E-state index contributed by atoms with van der Waals surface area (Å²) in [5.74, 6) is 0.830. The van der Waals surface area contributed by atoms with Crippen molar-refractivity contribution in [3.05, 3.63) is 46.0 Å². The minimum absolute atomic E-state index is 0.489. The lowest BCUT2D eigenvalue weighted by Gasteiger charge is -2.14. The molecule has 0 aliphatic carbocycles. The van der Waals surface area contributed by atoms with Gasteiger partial charge in [-0.15, -0.1) is 0 Å². The number of halogens is 1. The average Bonchev–Trinajstić information content (AvgIpc) is 2.77. The second kappa shape index (κ2) is 6.30. The van der Waals surface area contributed by atoms with Crippen LogP contribution in [0.3, 0.4) is 0 Å². The molecule has 0 saturated carbocycles. The molecule has 0 amide bonds. The number of nitrogens with zero attached hydrogens (tertiary/aromatic N) is 3. The number of hydrogen-bond donors (Lipinski definition) is 1. The fraction of sp³-hybridized carbons (Fsp3) is 0.429. The highest BCUT2D eigenvalue weighted by Crippen LogP contribution is 2.24. The monoisotopic (exact) mass is 323 g/mol. The van der Waals surface area contributed by atoms with E-state index in [2.05, 4.69) is 32.9 Å². The van der Waals surface area contributed by atoms with Crippen molar-refractivity contribution in [3.8, 4) is 0 Å². The first-order valence-electron chi connectivity index (χ1n) is 6.42.